The highest BCUT2D eigenvalue weighted by Crippen LogP contribution is 2.26. The Morgan fingerprint density at radius 3 is 2.79 bits per heavy atom. The van der Waals surface area contributed by atoms with Crippen LogP contribution in [0.15, 0.2) is 30.5 Å². The maximum absolute atomic E-state index is 5.72. The Morgan fingerprint density at radius 1 is 1.42 bits per heavy atom. The average molecular weight is 277 g/mol. The molecule has 0 spiro atoms. The number of methoxy groups -OCH3 is 1. The number of nitrogen functional groups attached to an aromatic ring is 1. The van der Waals surface area contributed by atoms with Gasteiger partial charge in [0.1, 0.15) is 10.8 Å². The van der Waals surface area contributed by atoms with Crippen LogP contribution in [0.2, 0.25) is 0 Å². The summed E-state index contributed by atoms with van der Waals surface area (Å²) in [5.74, 6) is 0.932. The van der Waals surface area contributed by atoms with E-state index in [-0.39, 0.29) is 0 Å². The first kappa shape index (κ1) is 13.7. The minimum absolute atomic E-state index is 0.321. The summed E-state index contributed by atoms with van der Waals surface area (Å²) < 4.78 is 5.38. The first-order valence-electron chi connectivity index (χ1n) is 6.18. The third-order valence-electron chi connectivity index (χ3n) is 3.18. The number of thiazole rings is 1. The first-order valence-corrected chi connectivity index (χ1v) is 6.99. The number of aromatic nitrogens is 1. The van der Waals surface area contributed by atoms with Crippen LogP contribution in [-0.4, -0.2) is 25.2 Å². The van der Waals surface area contributed by atoms with Crippen LogP contribution in [0.25, 0.3) is 0 Å². The van der Waals surface area contributed by atoms with Gasteiger partial charge in [0.15, 0.2) is 5.13 Å². The smallest absolute Gasteiger partial charge is 0.187 e. The maximum atomic E-state index is 5.72. The third kappa shape index (κ3) is 3.17. The molecule has 0 aliphatic carbocycles. The molecule has 102 valence electrons. The normalized spacial score (nSPS) is 12.2. The molecule has 1 atom stereocenters. The predicted octanol–water partition coefficient (Wildman–Crippen LogP) is 2.80. The van der Waals surface area contributed by atoms with Crippen molar-refractivity contribution in [1.82, 2.24) is 4.98 Å². The number of ether oxygens (including phenoxy) is 1. The van der Waals surface area contributed by atoms with E-state index >= 15 is 0 Å². The third-order valence-corrected chi connectivity index (χ3v) is 4.10. The molecule has 1 aromatic heterocycles. The van der Waals surface area contributed by atoms with E-state index < -0.39 is 0 Å². The van der Waals surface area contributed by atoms with E-state index in [1.807, 2.05) is 25.2 Å². The lowest BCUT2D eigenvalue weighted by Crippen LogP contribution is -2.30. The van der Waals surface area contributed by atoms with E-state index in [0.717, 1.165) is 22.3 Å². The number of rotatable bonds is 5. The Balaban J connectivity index is 2.10. The summed E-state index contributed by atoms with van der Waals surface area (Å²) in [6, 6.07) is 8.43. The molecule has 0 radical (unpaired) electrons. The lowest BCUT2D eigenvalue weighted by atomic mass is 10.1. The molecule has 0 aliphatic rings. The van der Waals surface area contributed by atoms with Gasteiger partial charge in [-0.2, -0.15) is 0 Å². The summed E-state index contributed by atoms with van der Waals surface area (Å²) in [5.41, 5.74) is 6.93. The standard InChI is InChI=1S/C14H19N3OS/c1-10(17(2)14-16-9-13(15)19-14)8-11-6-4-5-7-12(11)18-3/h4-7,9-10H,8,15H2,1-3H3. The van der Waals surface area contributed by atoms with Crippen LogP contribution in [0.1, 0.15) is 12.5 Å². The van der Waals surface area contributed by atoms with Crippen molar-refractivity contribution < 1.29 is 4.74 Å². The van der Waals surface area contributed by atoms with Crippen LogP contribution in [0.3, 0.4) is 0 Å². The van der Waals surface area contributed by atoms with Crippen LogP contribution >= 0.6 is 11.3 Å². The van der Waals surface area contributed by atoms with Crippen LogP contribution < -0.4 is 15.4 Å². The molecule has 19 heavy (non-hydrogen) atoms. The molecule has 5 heteroatoms. The molecule has 0 saturated heterocycles. The van der Waals surface area contributed by atoms with Gasteiger partial charge in [-0.05, 0) is 25.0 Å². The molecule has 1 heterocycles. The molecule has 0 fully saturated rings. The lowest BCUT2D eigenvalue weighted by Gasteiger charge is -2.24. The highest BCUT2D eigenvalue weighted by atomic mass is 32.1. The Labute approximate surface area is 117 Å². The van der Waals surface area contributed by atoms with Gasteiger partial charge in [-0.15, -0.1) is 0 Å². The molecule has 2 N–H and O–H groups in total. The second-order valence-corrected chi connectivity index (χ2v) is 5.56. The molecule has 0 bridgehead atoms. The number of hydrogen-bond donors (Lipinski definition) is 1. The molecule has 2 aromatic rings. The van der Waals surface area contributed by atoms with E-state index in [4.69, 9.17) is 10.5 Å². The predicted molar refractivity (Wildman–Crippen MR) is 81.1 cm³/mol. The number of nitrogens with two attached hydrogens (primary N) is 1. The summed E-state index contributed by atoms with van der Waals surface area (Å²) in [5, 5.41) is 1.69. The second kappa shape index (κ2) is 5.93. The highest BCUT2D eigenvalue weighted by molar-refractivity contribution is 7.19. The zero-order chi connectivity index (χ0) is 13.8. The summed E-state index contributed by atoms with van der Waals surface area (Å²) in [7, 11) is 3.74. The van der Waals surface area contributed by atoms with Gasteiger partial charge in [-0.25, -0.2) is 4.98 Å². The molecule has 1 aromatic carbocycles. The van der Waals surface area contributed by atoms with E-state index in [1.54, 1.807) is 13.3 Å². The Kier molecular flexibility index (Phi) is 4.27. The molecule has 0 amide bonds. The van der Waals surface area contributed by atoms with Gasteiger partial charge in [-0.1, -0.05) is 29.5 Å². The lowest BCUT2D eigenvalue weighted by molar-refractivity contribution is 0.408. The van der Waals surface area contributed by atoms with Gasteiger partial charge in [0.2, 0.25) is 0 Å². The van der Waals surface area contributed by atoms with E-state index in [9.17, 15) is 0 Å². The topological polar surface area (TPSA) is 51.4 Å². The average Bonchev–Trinajstić information content (AvgIpc) is 2.85. The van der Waals surface area contributed by atoms with Gasteiger partial charge in [0, 0.05) is 13.1 Å². The highest BCUT2D eigenvalue weighted by Gasteiger charge is 2.15. The summed E-state index contributed by atoms with van der Waals surface area (Å²) in [6.45, 7) is 2.17. The SMILES string of the molecule is COc1ccccc1CC(C)N(C)c1ncc(N)s1. The number of anilines is 2. The Bertz CT molecular complexity index is 541. The van der Waals surface area contributed by atoms with Gasteiger partial charge in [0.05, 0.1) is 13.3 Å². The fraction of sp³-hybridized carbons (Fsp3) is 0.357. The van der Waals surface area contributed by atoms with Crippen molar-refractivity contribution in [2.75, 3.05) is 24.8 Å². The quantitative estimate of drug-likeness (QED) is 0.913. The molecule has 1 unspecified atom stereocenters. The monoisotopic (exact) mass is 277 g/mol. The number of para-hydroxylation sites is 1. The van der Waals surface area contributed by atoms with Crippen molar-refractivity contribution >= 4 is 21.5 Å². The summed E-state index contributed by atoms with van der Waals surface area (Å²) in [4.78, 5) is 6.46. The van der Waals surface area contributed by atoms with Gasteiger partial charge >= 0.3 is 0 Å². The van der Waals surface area contributed by atoms with Crippen LogP contribution in [0.4, 0.5) is 10.1 Å². The summed E-state index contributed by atoms with van der Waals surface area (Å²) in [6.07, 6.45) is 2.60. The molecule has 4 nitrogen and oxygen atoms in total. The van der Waals surface area contributed by atoms with E-state index in [2.05, 4.69) is 22.9 Å². The fourth-order valence-electron chi connectivity index (χ4n) is 1.96. The van der Waals surface area contributed by atoms with Crippen molar-refractivity contribution in [3.63, 3.8) is 0 Å². The van der Waals surface area contributed by atoms with Crippen LogP contribution in [0, 0.1) is 0 Å². The largest absolute Gasteiger partial charge is 0.496 e. The summed E-state index contributed by atoms with van der Waals surface area (Å²) >= 11 is 1.51. The van der Waals surface area contributed by atoms with Gasteiger partial charge < -0.3 is 15.4 Å². The van der Waals surface area contributed by atoms with Gasteiger partial charge in [-0.3, -0.25) is 0 Å². The number of hydrogen-bond acceptors (Lipinski definition) is 5. The molecule has 0 saturated carbocycles. The minimum atomic E-state index is 0.321. The van der Waals surface area contributed by atoms with Crippen molar-refractivity contribution in [2.45, 2.75) is 19.4 Å². The second-order valence-electron chi connectivity index (χ2n) is 4.52. The van der Waals surface area contributed by atoms with Crippen molar-refractivity contribution in [3.05, 3.63) is 36.0 Å². The van der Waals surface area contributed by atoms with Crippen molar-refractivity contribution in [3.8, 4) is 5.75 Å². The minimum Gasteiger partial charge on any atom is -0.496 e. The first-order chi connectivity index (χ1) is 9.11. The Morgan fingerprint density at radius 2 is 2.16 bits per heavy atom. The zero-order valence-electron chi connectivity index (χ0n) is 11.5. The number of benzene rings is 1. The van der Waals surface area contributed by atoms with Gasteiger partial charge in [0.25, 0.3) is 0 Å². The molecular formula is C14H19N3OS. The molecule has 2 rings (SSSR count). The Hall–Kier alpha value is -1.75. The maximum Gasteiger partial charge on any atom is 0.187 e. The van der Waals surface area contributed by atoms with Crippen LogP contribution in [0.5, 0.6) is 5.75 Å². The molecular weight excluding hydrogens is 258 g/mol. The number of nitrogens with zero attached hydrogens (tertiary/aromatic N) is 2. The zero-order valence-corrected chi connectivity index (χ0v) is 12.3. The molecule has 0 aliphatic heterocycles. The van der Waals surface area contributed by atoms with Crippen molar-refractivity contribution in [1.29, 1.82) is 0 Å². The number of likely N-dealkylation sites (N-methyl/N-ethyl adjacent to an activating group) is 1. The fourth-order valence-corrected chi connectivity index (χ4v) is 2.70. The van der Waals surface area contributed by atoms with E-state index in [0.29, 0.717) is 6.04 Å². The van der Waals surface area contributed by atoms with E-state index in [1.165, 1.54) is 16.9 Å². The van der Waals surface area contributed by atoms with Crippen LogP contribution in [-0.2, 0) is 6.42 Å². The van der Waals surface area contributed by atoms with Crippen molar-refractivity contribution in [2.24, 2.45) is 0 Å².